The van der Waals surface area contributed by atoms with Gasteiger partial charge in [-0.15, -0.1) is 0 Å². The first-order valence-corrected chi connectivity index (χ1v) is 8.02. The number of rotatable bonds is 2. The average molecular weight is 282 g/mol. The summed E-state index contributed by atoms with van der Waals surface area (Å²) in [6.45, 7) is 0. The number of fused-ring (bicyclic) bond motifs is 1. The van der Waals surface area contributed by atoms with Crippen LogP contribution in [-0.2, 0) is 17.6 Å². The molecule has 21 heavy (non-hydrogen) atoms. The van der Waals surface area contributed by atoms with Crippen LogP contribution >= 0.6 is 0 Å². The van der Waals surface area contributed by atoms with E-state index in [0.29, 0.717) is 0 Å². The number of hydrogen-bond acceptors (Lipinski definition) is 2. The highest BCUT2D eigenvalue weighted by Gasteiger charge is 2.36. The predicted molar refractivity (Wildman–Crippen MR) is 81.5 cm³/mol. The van der Waals surface area contributed by atoms with Gasteiger partial charge in [0.15, 0.2) is 0 Å². The highest BCUT2D eigenvalue weighted by atomic mass is 16.2. The molecule has 1 aromatic rings. The number of hydrogen-bond donors (Lipinski definition) is 1. The van der Waals surface area contributed by atoms with Crippen LogP contribution in [0.15, 0.2) is 24.3 Å². The Labute approximate surface area is 126 Å². The summed E-state index contributed by atoms with van der Waals surface area (Å²) < 4.78 is 0. The number of aryl methyl sites for hydroxylation is 1. The van der Waals surface area contributed by atoms with Crippen LogP contribution in [0.2, 0.25) is 0 Å². The van der Waals surface area contributed by atoms with Crippen LogP contribution in [0.25, 0.3) is 0 Å². The second-order valence-corrected chi connectivity index (χ2v) is 6.45. The molecule has 2 aliphatic carbocycles. The summed E-state index contributed by atoms with van der Waals surface area (Å²) in [5.41, 5.74) is 2.06. The van der Waals surface area contributed by atoms with Crippen molar-refractivity contribution in [3.63, 3.8) is 0 Å². The van der Waals surface area contributed by atoms with Crippen LogP contribution in [0, 0.1) is 17.2 Å². The molecular weight excluding hydrogens is 260 g/mol. The van der Waals surface area contributed by atoms with Gasteiger partial charge in [0.1, 0.15) is 5.54 Å². The lowest BCUT2D eigenvalue weighted by atomic mass is 9.80. The molecule has 0 heterocycles. The van der Waals surface area contributed by atoms with E-state index in [9.17, 15) is 10.1 Å². The third-order valence-electron chi connectivity index (χ3n) is 5.00. The van der Waals surface area contributed by atoms with Crippen LogP contribution in [0.5, 0.6) is 0 Å². The molecule has 0 aliphatic heterocycles. The quantitative estimate of drug-likeness (QED) is 0.906. The van der Waals surface area contributed by atoms with E-state index in [4.69, 9.17) is 0 Å². The molecule has 2 aliphatic rings. The Bertz CT molecular complexity index is 567. The molecule has 0 spiro atoms. The Kier molecular flexibility index (Phi) is 3.96. The minimum Gasteiger partial charge on any atom is -0.338 e. The van der Waals surface area contributed by atoms with Gasteiger partial charge >= 0.3 is 0 Å². The molecule has 1 saturated carbocycles. The molecule has 3 nitrogen and oxygen atoms in total. The van der Waals surface area contributed by atoms with Crippen LogP contribution in [-0.4, -0.2) is 11.4 Å². The van der Waals surface area contributed by atoms with Crippen molar-refractivity contribution in [1.29, 1.82) is 5.26 Å². The van der Waals surface area contributed by atoms with Crippen molar-refractivity contribution in [3.8, 4) is 6.07 Å². The minimum absolute atomic E-state index is 0.0204. The van der Waals surface area contributed by atoms with E-state index in [-0.39, 0.29) is 11.8 Å². The first-order chi connectivity index (χ1) is 10.2. The van der Waals surface area contributed by atoms with Gasteiger partial charge in [-0.1, -0.05) is 43.5 Å². The zero-order valence-electron chi connectivity index (χ0n) is 12.4. The van der Waals surface area contributed by atoms with Gasteiger partial charge in [0, 0.05) is 5.92 Å². The molecule has 1 atom stereocenters. The molecule has 0 aromatic heterocycles. The summed E-state index contributed by atoms with van der Waals surface area (Å²) in [4.78, 5) is 12.6. The molecule has 3 rings (SSSR count). The fraction of sp³-hybridized carbons (Fsp3) is 0.556. The van der Waals surface area contributed by atoms with Crippen molar-refractivity contribution in [1.82, 2.24) is 5.32 Å². The smallest absolute Gasteiger partial charge is 0.224 e. The molecule has 110 valence electrons. The van der Waals surface area contributed by atoms with Crippen LogP contribution in [0.1, 0.15) is 49.7 Å². The van der Waals surface area contributed by atoms with Gasteiger partial charge in [-0.3, -0.25) is 4.79 Å². The Hall–Kier alpha value is -1.82. The number of carbonyl (C=O) groups excluding carboxylic acids is 1. The summed E-state index contributed by atoms with van der Waals surface area (Å²) in [5.74, 6) is 0.0972. The van der Waals surface area contributed by atoms with Gasteiger partial charge in [0.25, 0.3) is 0 Å². The summed E-state index contributed by atoms with van der Waals surface area (Å²) in [7, 11) is 0. The largest absolute Gasteiger partial charge is 0.338 e. The van der Waals surface area contributed by atoms with Gasteiger partial charge in [0.2, 0.25) is 5.91 Å². The summed E-state index contributed by atoms with van der Waals surface area (Å²) >= 11 is 0. The zero-order valence-corrected chi connectivity index (χ0v) is 12.4. The first kappa shape index (κ1) is 14.1. The lowest BCUT2D eigenvalue weighted by molar-refractivity contribution is -0.127. The molecule has 0 bridgehead atoms. The summed E-state index contributed by atoms with van der Waals surface area (Å²) in [6.07, 6.45) is 7.54. The molecule has 3 heteroatoms. The monoisotopic (exact) mass is 282 g/mol. The fourth-order valence-electron chi connectivity index (χ4n) is 3.68. The van der Waals surface area contributed by atoms with E-state index in [0.717, 1.165) is 44.9 Å². The number of nitrogens with zero attached hydrogens (tertiary/aromatic N) is 1. The second-order valence-electron chi connectivity index (χ2n) is 6.45. The second kappa shape index (κ2) is 5.89. The Morgan fingerprint density at radius 2 is 1.90 bits per heavy atom. The summed E-state index contributed by atoms with van der Waals surface area (Å²) in [5, 5.41) is 12.6. The maximum absolute atomic E-state index is 12.6. The molecule has 0 radical (unpaired) electrons. The molecule has 1 fully saturated rings. The predicted octanol–water partition coefficient (Wildman–Crippen LogP) is 3.13. The van der Waals surface area contributed by atoms with E-state index in [1.165, 1.54) is 17.5 Å². The normalized spacial score (nSPS) is 23.7. The molecular formula is C18H22N2O. The number of benzene rings is 1. The van der Waals surface area contributed by atoms with Crippen molar-refractivity contribution in [3.05, 3.63) is 35.4 Å². The Balaban J connectivity index is 1.68. The Morgan fingerprint density at radius 3 is 2.62 bits per heavy atom. The average Bonchev–Trinajstić information content (AvgIpc) is 2.55. The highest BCUT2D eigenvalue weighted by molar-refractivity contribution is 5.80. The van der Waals surface area contributed by atoms with Crippen molar-refractivity contribution in [2.75, 3.05) is 0 Å². The van der Waals surface area contributed by atoms with E-state index < -0.39 is 5.54 Å². The highest BCUT2D eigenvalue weighted by Crippen LogP contribution is 2.30. The Morgan fingerprint density at radius 1 is 1.19 bits per heavy atom. The van der Waals surface area contributed by atoms with E-state index in [2.05, 4.69) is 29.6 Å². The van der Waals surface area contributed by atoms with E-state index in [1.807, 2.05) is 6.07 Å². The first-order valence-electron chi connectivity index (χ1n) is 8.02. The molecule has 1 aromatic carbocycles. The number of amides is 1. The van der Waals surface area contributed by atoms with Gasteiger partial charge in [-0.05, 0) is 43.2 Å². The number of carbonyl (C=O) groups is 1. The van der Waals surface area contributed by atoms with E-state index >= 15 is 0 Å². The van der Waals surface area contributed by atoms with Gasteiger partial charge in [-0.2, -0.15) is 5.26 Å². The van der Waals surface area contributed by atoms with E-state index in [1.54, 1.807) is 0 Å². The number of nitrogens with one attached hydrogen (secondary N) is 1. The zero-order chi connectivity index (χ0) is 14.7. The van der Waals surface area contributed by atoms with Crippen LogP contribution in [0.4, 0.5) is 0 Å². The topological polar surface area (TPSA) is 52.9 Å². The van der Waals surface area contributed by atoms with Crippen molar-refractivity contribution in [2.24, 2.45) is 5.92 Å². The lowest BCUT2D eigenvalue weighted by Crippen LogP contribution is -2.51. The van der Waals surface area contributed by atoms with Crippen molar-refractivity contribution < 1.29 is 4.79 Å². The van der Waals surface area contributed by atoms with Gasteiger partial charge in [0.05, 0.1) is 6.07 Å². The molecule has 1 amide bonds. The van der Waals surface area contributed by atoms with Gasteiger partial charge < -0.3 is 5.32 Å². The van der Waals surface area contributed by atoms with Gasteiger partial charge in [-0.25, -0.2) is 0 Å². The van der Waals surface area contributed by atoms with Crippen molar-refractivity contribution in [2.45, 2.75) is 56.9 Å². The number of nitriles is 1. The fourth-order valence-corrected chi connectivity index (χ4v) is 3.68. The molecule has 1 N–H and O–H groups in total. The maximum Gasteiger partial charge on any atom is 0.224 e. The lowest BCUT2D eigenvalue weighted by Gasteiger charge is -2.34. The third kappa shape index (κ3) is 2.95. The molecule has 0 saturated heterocycles. The summed E-state index contributed by atoms with van der Waals surface area (Å²) in [6, 6.07) is 10.7. The van der Waals surface area contributed by atoms with Crippen LogP contribution in [0.3, 0.4) is 0 Å². The minimum atomic E-state index is -0.605. The van der Waals surface area contributed by atoms with Crippen molar-refractivity contribution >= 4 is 5.91 Å². The van der Waals surface area contributed by atoms with Crippen LogP contribution < -0.4 is 5.32 Å². The standard InChI is InChI=1S/C18H22N2O/c19-13-18(10-4-1-5-11-18)20-17(21)16-9-8-14-6-2-3-7-15(14)12-16/h2-3,6-7,16H,1,4-5,8-12H2,(H,20,21). The maximum atomic E-state index is 12.6. The molecule has 1 unspecified atom stereocenters. The third-order valence-corrected chi connectivity index (χ3v) is 5.00. The SMILES string of the molecule is N#CC1(NC(=O)C2CCc3ccccc3C2)CCCCC1.